The van der Waals surface area contributed by atoms with Crippen LogP contribution in [0.5, 0.6) is 5.75 Å². The topological polar surface area (TPSA) is 64.3 Å². The first-order valence-corrected chi connectivity index (χ1v) is 7.21. The smallest absolute Gasteiger partial charge is 0.260 e. The number of hydrogen-bond acceptors (Lipinski definition) is 3. The number of carbonyl (C=O) groups excluding carboxylic acids is 1. The standard InChI is InChI=1S/C14H21BrN2O2/c1-4-17-14(18)10(3)19-13-6-5-12(15)8-11(13)7-9(2)16/h5-6,8-10H,4,7,16H2,1-3H3,(H,17,18). The van der Waals surface area contributed by atoms with E-state index in [1.165, 1.54) is 0 Å². The third-order valence-electron chi connectivity index (χ3n) is 2.59. The van der Waals surface area contributed by atoms with Crippen molar-refractivity contribution >= 4 is 21.8 Å². The van der Waals surface area contributed by atoms with Crippen LogP contribution in [0.15, 0.2) is 22.7 Å². The summed E-state index contributed by atoms with van der Waals surface area (Å²) in [5, 5.41) is 2.74. The fraction of sp³-hybridized carbons (Fsp3) is 0.500. The van der Waals surface area contributed by atoms with Gasteiger partial charge < -0.3 is 15.8 Å². The van der Waals surface area contributed by atoms with Crippen LogP contribution < -0.4 is 15.8 Å². The van der Waals surface area contributed by atoms with Gasteiger partial charge in [-0.1, -0.05) is 15.9 Å². The number of nitrogens with two attached hydrogens (primary N) is 1. The van der Waals surface area contributed by atoms with Crippen molar-refractivity contribution in [1.82, 2.24) is 5.32 Å². The number of ether oxygens (including phenoxy) is 1. The molecule has 106 valence electrons. The van der Waals surface area contributed by atoms with Gasteiger partial charge in [-0.15, -0.1) is 0 Å². The molecule has 0 aliphatic rings. The number of hydrogen-bond donors (Lipinski definition) is 2. The van der Waals surface area contributed by atoms with Gasteiger partial charge in [-0.05, 0) is 51.0 Å². The van der Waals surface area contributed by atoms with Crippen LogP contribution >= 0.6 is 15.9 Å². The molecule has 1 amide bonds. The highest BCUT2D eigenvalue weighted by atomic mass is 79.9. The van der Waals surface area contributed by atoms with Crippen molar-refractivity contribution in [2.24, 2.45) is 5.73 Å². The van der Waals surface area contributed by atoms with Crippen LogP contribution in [0.25, 0.3) is 0 Å². The second-order valence-corrected chi connectivity index (χ2v) is 5.50. The molecule has 0 saturated carbocycles. The Bertz CT molecular complexity index is 435. The zero-order chi connectivity index (χ0) is 14.4. The number of carbonyl (C=O) groups is 1. The molecule has 0 bridgehead atoms. The fourth-order valence-electron chi connectivity index (χ4n) is 1.73. The molecule has 0 fully saturated rings. The second-order valence-electron chi connectivity index (χ2n) is 4.59. The summed E-state index contributed by atoms with van der Waals surface area (Å²) in [4.78, 5) is 11.7. The summed E-state index contributed by atoms with van der Waals surface area (Å²) in [5.41, 5.74) is 6.83. The molecule has 3 N–H and O–H groups in total. The van der Waals surface area contributed by atoms with Crippen LogP contribution in [0.2, 0.25) is 0 Å². The quantitative estimate of drug-likeness (QED) is 0.841. The minimum Gasteiger partial charge on any atom is -0.481 e. The molecule has 2 unspecified atom stereocenters. The first-order chi connectivity index (χ1) is 8.93. The summed E-state index contributed by atoms with van der Waals surface area (Å²) >= 11 is 3.43. The minimum absolute atomic E-state index is 0.0384. The molecule has 0 aromatic heterocycles. The summed E-state index contributed by atoms with van der Waals surface area (Å²) in [6, 6.07) is 5.77. The van der Waals surface area contributed by atoms with Gasteiger partial charge in [-0.25, -0.2) is 0 Å². The molecule has 0 radical (unpaired) electrons. The van der Waals surface area contributed by atoms with Crippen molar-refractivity contribution in [1.29, 1.82) is 0 Å². The van der Waals surface area contributed by atoms with Crippen LogP contribution in [0.1, 0.15) is 26.3 Å². The SMILES string of the molecule is CCNC(=O)C(C)Oc1ccc(Br)cc1CC(C)N. The Balaban J connectivity index is 2.84. The maximum Gasteiger partial charge on any atom is 0.260 e. The molecule has 0 heterocycles. The minimum atomic E-state index is -0.520. The number of amides is 1. The molecule has 2 atom stereocenters. The molecule has 5 heteroatoms. The lowest BCUT2D eigenvalue weighted by Gasteiger charge is -2.18. The molecule has 0 saturated heterocycles. The number of nitrogens with one attached hydrogen (secondary N) is 1. The monoisotopic (exact) mass is 328 g/mol. The van der Waals surface area contributed by atoms with Gasteiger partial charge in [0.1, 0.15) is 5.75 Å². The van der Waals surface area contributed by atoms with Crippen molar-refractivity contribution in [2.75, 3.05) is 6.54 Å². The molecule has 0 aliphatic carbocycles. The van der Waals surface area contributed by atoms with E-state index >= 15 is 0 Å². The van der Waals surface area contributed by atoms with E-state index in [-0.39, 0.29) is 11.9 Å². The van der Waals surface area contributed by atoms with Crippen LogP contribution in [0, 0.1) is 0 Å². The average Bonchev–Trinajstić information content (AvgIpc) is 2.32. The lowest BCUT2D eigenvalue weighted by atomic mass is 10.1. The molecule has 4 nitrogen and oxygen atoms in total. The average molecular weight is 329 g/mol. The van der Waals surface area contributed by atoms with Crippen molar-refractivity contribution in [3.05, 3.63) is 28.2 Å². The third kappa shape index (κ3) is 5.20. The molecule has 1 rings (SSSR count). The Labute approximate surface area is 122 Å². The van der Waals surface area contributed by atoms with Gasteiger partial charge in [0.2, 0.25) is 0 Å². The highest BCUT2D eigenvalue weighted by Gasteiger charge is 2.16. The number of benzene rings is 1. The van der Waals surface area contributed by atoms with Gasteiger partial charge in [-0.3, -0.25) is 4.79 Å². The van der Waals surface area contributed by atoms with E-state index < -0.39 is 6.10 Å². The number of halogens is 1. The van der Waals surface area contributed by atoms with Crippen LogP contribution in [0.4, 0.5) is 0 Å². The second kappa shape index (κ2) is 7.50. The lowest BCUT2D eigenvalue weighted by Crippen LogP contribution is -2.36. The summed E-state index contributed by atoms with van der Waals surface area (Å²) < 4.78 is 6.70. The highest BCUT2D eigenvalue weighted by molar-refractivity contribution is 9.10. The van der Waals surface area contributed by atoms with Crippen molar-refractivity contribution in [2.45, 2.75) is 39.3 Å². The molecular formula is C14H21BrN2O2. The Kier molecular flexibility index (Phi) is 6.31. The first-order valence-electron chi connectivity index (χ1n) is 6.42. The third-order valence-corrected chi connectivity index (χ3v) is 3.08. The van der Waals surface area contributed by atoms with E-state index in [1.807, 2.05) is 32.0 Å². The van der Waals surface area contributed by atoms with E-state index in [1.54, 1.807) is 6.92 Å². The number of likely N-dealkylation sites (N-methyl/N-ethyl adjacent to an activating group) is 1. The van der Waals surface area contributed by atoms with Crippen LogP contribution in [0.3, 0.4) is 0 Å². The lowest BCUT2D eigenvalue weighted by molar-refractivity contribution is -0.127. The van der Waals surface area contributed by atoms with Crippen molar-refractivity contribution in [3.8, 4) is 5.75 Å². The summed E-state index contributed by atoms with van der Waals surface area (Å²) in [5.74, 6) is 0.594. The van der Waals surface area contributed by atoms with Crippen LogP contribution in [-0.4, -0.2) is 24.6 Å². The summed E-state index contributed by atoms with van der Waals surface area (Å²) in [6.45, 7) is 6.16. The molecule has 1 aromatic carbocycles. The first kappa shape index (κ1) is 16.0. The predicted molar refractivity (Wildman–Crippen MR) is 80.3 cm³/mol. The Morgan fingerprint density at radius 2 is 2.16 bits per heavy atom. The summed E-state index contributed by atoms with van der Waals surface area (Å²) in [7, 11) is 0. The van der Waals surface area contributed by atoms with E-state index in [4.69, 9.17) is 10.5 Å². The molecule has 0 aliphatic heterocycles. The van der Waals surface area contributed by atoms with Gasteiger partial charge in [0, 0.05) is 17.1 Å². The van der Waals surface area contributed by atoms with Gasteiger partial charge in [0.25, 0.3) is 5.91 Å². The van der Waals surface area contributed by atoms with E-state index in [0.717, 1.165) is 10.0 Å². The normalized spacial score (nSPS) is 13.7. The predicted octanol–water partition coefficient (Wildman–Crippen LogP) is 2.24. The largest absolute Gasteiger partial charge is 0.481 e. The zero-order valence-electron chi connectivity index (χ0n) is 11.6. The molecule has 19 heavy (non-hydrogen) atoms. The maximum atomic E-state index is 11.7. The van der Waals surface area contributed by atoms with Gasteiger partial charge in [-0.2, -0.15) is 0 Å². The Morgan fingerprint density at radius 3 is 2.74 bits per heavy atom. The van der Waals surface area contributed by atoms with E-state index in [9.17, 15) is 4.79 Å². The van der Waals surface area contributed by atoms with Gasteiger partial charge >= 0.3 is 0 Å². The maximum absolute atomic E-state index is 11.7. The summed E-state index contributed by atoms with van der Waals surface area (Å²) in [6.07, 6.45) is 0.185. The fourth-order valence-corrected chi connectivity index (χ4v) is 2.14. The number of rotatable bonds is 6. The molecular weight excluding hydrogens is 308 g/mol. The zero-order valence-corrected chi connectivity index (χ0v) is 13.2. The van der Waals surface area contributed by atoms with Crippen LogP contribution in [-0.2, 0) is 11.2 Å². The van der Waals surface area contributed by atoms with E-state index in [2.05, 4.69) is 21.2 Å². The van der Waals surface area contributed by atoms with Gasteiger partial charge in [0.15, 0.2) is 6.10 Å². The van der Waals surface area contributed by atoms with E-state index in [0.29, 0.717) is 18.7 Å². The Hall–Kier alpha value is -1.07. The highest BCUT2D eigenvalue weighted by Crippen LogP contribution is 2.25. The molecule has 0 spiro atoms. The van der Waals surface area contributed by atoms with Gasteiger partial charge in [0.05, 0.1) is 0 Å². The van der Waals surface area contributed by atoms with Crippen molar-refractivity contribution in [3.63, 3.8) is 0 Å². The van der Waals surface area contributed by atoms with Crippen molar-refractivity contribution < 1.29 is 9.53 Å². The molecule has 1 aromatic rings. The Morgan fingerprint density at radius 1 is 1.47 bits per heavy atom.